The highest BCUT2D eigenvalue weighted by Gasteiger charge is 2.03. The highest BCUT2D eigenvalue weighted by atomic mass is 16.5. The van der Waals surface area contributed by atoms with Crippen LogP contribution in [0.25, 0.3) is 0 Å². The number of aliphatic hydroxyl groups excluding tert-OH is 1. The van der Waals surface area contributed by atoms with Crippen molar-refractivity contribution in [2.75, 3.05) is 26.4 Å². The lowest BCUT2D eigenvalue weighted by Gasteiger charge is -2.10. The topological polar surface area (TPSA) is 38.7 Å². The van der Waals surface area contributed by atoms with Gasteiger partial charge in [0.2, 0.25) is 0 Å². The largest absolute Gasteiger partial charge is 0.391 e. The molecule has 3 heteroatoms. The number of ether oxygens (including phenoxy) is 2. The number of rotatable bonds is 9. The molecule has 0 amide bonds. The quantitative estimate of drug-likeness (QED) is 0.499. The Morgan fingerprint density at radius 1 is 1.00 bits per heavy atom. The highest BCUT2D eigenvalue weighted by Crippen LogP contribution is 1.96. The summed E-state index contributed by atoms with van der Waals surface area (Å²) in [6.45, 7) is 10.2. The molecule has 0 spiro atoms. The van der Waals surface area contributed by atoms with Gasteiger partial charge in [-0.3, -0.25) is 0 Å². The Morgan fingerprint density at radius 3 is 2.06 bits per heavy atom. The van der Waals surface area contributed by atoms with Crippen LogP contribution in [0, 0.1) is 0 Å². The van der Waals surface area contributed by atoms with E-state index in [1.807, 2.05) is 39.8 Å². The maximum atomic E-state index is 9.58. The van der Waals surface area contributed by atoms with Crippen LogP contribution in [0.1, 0.15) is 34.1 Å². The van der Waals surface area contributed by atoms with Crippen molar-refractivity contribution < 1.29 is 14.6 Å². The van der Waals surface area contributed by atoms with Crippen LogP contribution in [0.4, 0.5) is 0 Å². The van der Waals surface area contributed by atoms with Gasteiger partial charge in [-0.2, -0.15) is 0 Å². The molecule has 0 aromatic rings. The molecule has 0 saturated heterocycles. The Hall–Kier alpha value is -0.640. The summed E-state index contributed by atoms with van der Waals surface area (Å²) in [7, 11) is 0. The van der Waals surface area contributed by atoms with Crippen molar-refractivity contribution in [1.82, 2.24) is 0 Å². The third kappa shape index (κ3) is 13.3. The Morgan fingerprint density at radius 2 is 1.53 bits per heavy atom. The van der Waals surface area contributed by atoms with Crippen molar-refractivity contribution in [3.05, 3.63) is 23.3 Å². The number of aliphatic hydroxyl groups is 1. The minimum absolute atomic E-state index is 0.371. The van der Waals surface area contributed by atoms with Gasteiger partial charge in [-0.25, -0.2) is 0 Å². The Bertz CT molecular complexity index is 236. The molecule has 1 unspecified atom stereocenters. The average Bonchev–Trinajstić information content (AvgIpc) is 2.23. The van der Waals surface area contributed by atoms with Gasteiger partial charge in [0.25, 0.3) is 0 Å². The van der Waals surface area contributed by atoms with Crippen molar-refractivity contribution in [2.45, 2.75) is 40.2 Å². The summed E-state index contributed by atoms with van der Waals surface area (Å²) in [5.41, 5.74) is 2.47. The molecule has 0 fully saturated rings. The first-order valence-electron chi connectivity index (χ1n) is 6.12. The molecule has 0 aliphatic carbocycles. The van der Waals surface area contributed by atoms with Crippen molar-refractivity contribution in [2.24, 2.45) is 0 Å². The first-order chi connectivity index (χ1) is 8.02. The standard InChI is InChI=1S/C14H26O3/c1-12(2)5-8-16-10-7-14(15)11-17-9-6-13(3)4/h5-6,14-15H,7-11H2,1-4H3. The van der Waals surface area contributed by atoms with Gasteiger partial charge in [0.1, 0.15) is 0 Å². The fraction of sp³-hybridized carbons (Fsp3) is 0.714. The van der Waals surface area contributed by atoms with Gasteiger partial charge in [0, 0.05) is 6.61 Å². The van der Waals surface area contributed by atoms with Crippen LogP contribution < -0.4 is 0 Å². The predicted octanol–water partition coefficient (Wildman–Crippen LogP) is 2.70. The SMILES string of the molecule is CC(C)=CCOCCC(O)COCC=C(C)C. The van der Waals surface area contributed by atoms with Crippen LogP contribution in [0.15, 0.2) is 23.3 Å². The van der Waals surface area contributed by atoms with E-state index in [-0.39, 0.29) is 0 Å². The van der Waals surface area contributed by atoms with Crippen molar-refractivity contribution >= 4 is 0 Å². The maximum absolute atomic E-state index is 9.58. The number of allylic oxidation sites excluding steroid dienone is 2. The van der Waals surface area contributed by atoms with E-state index in [9.17, 15) is 5.11 Å². The first kappa shape index (κ1) is 16.4. The van der Waals surface area contributed by atoms with Crippen LogP contribution in [0.5, 0.6) is 0 Å². The zero-order valence-corrected chi connectivity index (χ0v) is 11.5. The van der Waals surface area contributed by atoms with Gasteiger partial charge in [-0.1, -0.05) is 23.3 Å². The summed E-state index contributed by atoms with van der Waals surface area (Å²) in [6.07, 6.45) is 4.20. The third-order valence-corrected chi connectivity index (χ3v) is 2.12. The van der Waals surface area contributed by atoms with Gasteiger partial charge in [0.15, 0.2) is 0 Å². The molecule has 0 bridgehead atoms. The number of hydrogen-bond acceptors (Lipinski definition) is 3. The molecule has 0 rings (SSSR count). The summed E-state index contributed by atoms with van der Waals surface area (Å²) in [5.74, 6) is 0. The van der Waals surface area contributed by atoms with Gasteiger partial charge in [-0.15, -0.1) is 0 Å². The molecule has 0 aromatic heterocycles. The van der Waals surface area contributed by atoms with Crippen LogP contribution in [0.2, 0.25) is 0 Å². The maximum Gasteiger partial charge on any atom is 0.0795 e. The second-order valence-corrected chi connectivity index (χ2v) is 4.62. The van der Waals surface area contributed by atoms with Crippen LogP contribution in [0.3, 0.4) is 0 Å². The highest BCUT2D eigenvalue weighted by molar-refractivity contribution is 4.93. The van der Waals surface area contributed by atoms with E-state index in [0.29, 0.717) is 32.8 Å². The zero-order valence-electron chi connectivity index (χ0n) is 11.5. The molecule has 1 atom stereocenters. The Kier molecular flexibility index (Phi) is 10.1. The van der Waals surface area contributed by atoms with E-state index in [2.05, 4.69) is 0 Å². The molecule has 0 aliphatic rings. The summed E-state index contributed by atoms with van der Waals surface area (Å²) < 4.78 is 10.7. The predicted molar refractivity (Wildman–Crippen MR) is 71.1 cm³/mol. The molecule has 0 aromatic carbocycles. The van der Waals surface area contributed by atoms with Crippen LogP contribution in [-0.2, 0) is 9.47 Å². The zero-order chi connectivity index (χ0) is 13.1. The van der Waals surface area contributed by atoms with E-state index < -0.39 is 6.10 Å². The fourth-order valence-electron chi connectivity index (χ4n) is 1.04. The van der Waals surface area contributed by atoms with Crippen molar-refractivity contribution in [3.8, 4) is 0 Å². The summed E-state index contributed by atoms with van der Waals surface area (Å²) in [5, 5.41) is 9.58. The van der Waals surface area contributed by atoms with Gasteiger partial charge < -0.3 is 14.6 Å². The Balaban J connectivity index is 3.38. The molecular weight excluding hydrogens is 216 g/mol. The molecule has 0 heterocycles. The third-order valence-electron chi connectivity index (χ3n) is 2.12. The molecular formula is C14H26O3. The van der Waals surface area contributed by atoms with E-state index in [1.165, 1.54) is 11.1 Å². The monoisotopic (exact) mass is 242 g/mol. The van der Waals surface area contributed by atoms with Gasteiger partial charge >= 0.3 is 0 Å². The van der Waals surface area contributed by atoms with E-state index in [1.54, 1.807) is 0 Å². The van der Waals surface area contributed by atoms with E-state index in [0.717, 1.165) is 0 Å². The second kappa shape index (κ2) is 10.5. The molecule has 0 aliphatic heterocycles. The minimum atomic E-state index is -0.438. The normalized spacial score (nSPS) is 12.1. The summed E-state index contributed by atoms with van der Waals surface area (Å²) in [4.78, 5) is 0. The molecule has 1 N–H and O–H groups in total. The number of hydrogen-bond donors (Lipinski definition) is 1. The van der Waals surface area contributed by atoms with Crippen LogP contribution >= 0.6 is 0 Å². The Labute approximate surface area is 105 Å². The molecule has 0 radical (unpaired) electrons. The first-order valence-corrected chi connectivity index (χ1v) is 6.12. The second-order valence-electron chi connectivity index (χ2n) is 4.62. The summed E-state index contributed by atoms with van der Waals surface area (Å²) >= 11 is 0. The van der Waals surface area contributed by atoms with Crippen molar-refractivity contribution in [3.63, 3.8) is 0 Å². The molecule has 0 saturated carbocycles. The van der Waals surface area contributed by atoms with Gasteiger partial charge in [0.05, 0.1) is 25.9 Å². The fourth-order valence-corrected chi connectivity index (χ4v) is 1.04. The average molecular weight is 242 g/mol. The molecule has 100 valence electrons. The van der Waals surface area contributed by atoms with E-state index >= 15 is 0 Å². The smallest absolute Gasteiger partial charge is 0.0795 e. The van der Waals surface area contributed by atoms with E-state index in [4.69, 9.17) is 9.47 Å². The lowest BCUT2D eigenvalue weighted by molar-refractivity contribution is 0.0254. The minimum Gasteiger partial charge on any atom is -0.391 e. The van der Waals surface area contributed by atoms with Gasteiger partial charge in [-0.05, 0) is 34.1 Å². The molecule has 17 heavy (non-hydrogen) atoms. The summed E-state index contributed by atoms with van der Waals surface area (Å²) in [6, 6.07) is 0. The lowest BCUT2D eigenvalue weighted by Crippen LogP contribution is -2.17. The molecule has 3 nitrogen and oxygen atoms in total. The van der Waals surface area contributed by atoms with Crippen molar-refractivity contribution in [1.29, 1.82) is 0 Å². The lowest BCUT2D eigenvalue weighted by atomic mass is 10.3. The van der Waals surface area contributed by atoms with Crippen LogP contribution in [-0.4, -0.2) is 37.6 Å².